The maximum absolute atomic E-state index is 10.8. The number of carboxylic acids is 1. The highest BCUT2D eigenvalue weighted by atomic mass is 16.4. The molecular formula is C24H31N5O2. The van der Waals surface area contributed by atoms with E-state index < -0.39 is 5.97 Å². The van der Waals surface area contributed by atoms with Crippen LogP contribution in [0.15, 0.2) is 24.5 Å². The molecule has 0 amide bonds. The third-order valence-corrected chi connectivity index (χ3v) is 6.13. The molecular weight excluding hydrogens is 390 g/mol. The summed E-state index contributed by atoms with van der Waals surface area (Å²) in [6, 6.07) is 6.79. The number of anilines is 2. The van der Waals surface area contributed by atoms with Gasteiger partial charge in [0.15, 0.2) is 0 Å². The number of hydrogen-bond acceptors (Lipinski definition) is 6. The summed E-state index contributed by atoms with van der Waals surface area (Å²) in [5.74, 6) is 1.05. The van der Waals surface area contributed by atoms with Gasteiger partial charge in [0.2, 0.25) is 0 Å². The van der Waals surface area contributed by atoms with Crippen molar-refractivity contribution in [1.82, 2.24) is 9.97 Å². The van der Waals surface area contributed by atoms with Gasteiger partial charge in [0.25, 0.3) is 0 Å². The predicted molar refractivity (Wildman–Crippen MR) is 122 cm³/mol. The molecule has 0 saturated carbocycles. The smallest absolute Gasteiger partial charge is 0.337 e. The number of aromatic carboxylic acids is 1. The number of pyridine rings is 2. The molecule has 4 rings (SSSR count). The predicted octanol–water partition coefficient (Wildman–Crippen LogP) is 4.33. The Morgan fingerprint density at radius 1 is 1.00 bits per heavy atom. The fraction of sp³-hybridized carbons (Fsp3) is 0.500. The number of nitriles is 1. The van der Waals surface area contributed by atoms with E-state index >= 15 is 0 Å². The Hall–Kier alpha value is -3.14. The van der Waals surface area contributed by atoms with Gasteiger partial charge < -0.3 is 14.9 Å². The summed E-state index contributed by atoms with van der Waals surface area (Å²) < 4.78 is 0. The molecule has 0 spiro atoms. The van der Waals surface area contributed by atoms with Gasteiger partial charge in [-0.1, -0.05) is 0 Å². The van der Waals surface area contributed by atoms with Crippen molar-refractivity contribution in [2.45, 2.75) is 65.5 Å². The Morgan fingerprint density at radius 2 is 1.52 bits per heavy atom. The number of hydrogen-bond donors (Lipinski definition) is 1. The highest BCUT2D eigenvalue weighted by Crippen LogP contribution is 2.27. The van der Waals surface area contributed by atoms with Crippen molar-refractivity contribution in [2.75, 3.05) is 22.9 Å². The molecule has 2 fully saturated rings. The molecule has 0 aromatic carbocycles. The average Bonchev–Trinajstić information content (AvgIpc) is 3.36. The first-order valence-electron chi connectivity index (χ1n) is 10.9. The quantitative estimate of drug-likeness (QED) is 0.788. The fourth-order valence-corrected chi connectivity index (χ4v) is 4.41. The summed E-state index contributed by atoms with van der Waals surface area (Å²) in [4.78, 5) is 24.0. The van der Waals surface area contributed by atoms with Crippen LogP contribution in [0.5, 0.6) is 0 Å². The van der Waals surface area contributed by atoms with E-state index in [-0.39, 0.29) is 5.56 Å². The molecule has 2 unspecified atom stereocenters. The molecule has 2 saturated heterocycles. The number of nitrogens with zero attached hydrogens (tertiary/aromatic N) is 5. The molecule has 0 bridgehead atoms. The van der Waals surface area contributed by atoms with Gasteiger partial charge in [0, 0.05) is 37.6 Å². The number of aromatic nitrogens is 2. The van der Waals surface area contributed by atoms with Crippen LogP contribution in [0.1, 0.15) is 66.6 Å². The maximum Gasteiger partial charge on any atom is 0.337 e. The van der Waals surface area contributed by atoms with Crippen molar-refractivity contribution in [3.8, 4) is 6.07 Å². The Balaban J connectivity index is 0.000000176. The molecule has 0 aliphatic carbocycles. The van der Waals surface area contributed by atoms with Gasteiger partial charge >= 0.3 is 5.97 Å². The molecule has 0 radical (unpaired) electrons. The van der Waals surface area contributed by atoms with Crippen LogP contribution in [0, 0.1) is 25.2 Å². The van der Waals surface area contributed by atoms with Crippen LogP contribution in [0.2, 0.25) is 0 Å². The summed E-state index contributed by atoms with van der Waals surface area (Å²) in [6.07, 6.45) is 7.94. The number of carboxylic acid groups (broad SMARTS) is 1. The molecule has 31 heavy (non-hydrogen) atoms. The first-order valence-corrected chi connectivity index (χ1v) is 10.9. The molecule has 7 heteroatoms. The first-order chi connectivity index (χ1) is 14.8. The molecule has 4 heterocycles. The highest BCUT2D eigenvalue weighted by Gasteiger charge is 2.24. The molecule has 2 aromatic rings. The zero-order chi connectivity index (χ0) is 22.5. The Morgan fingerprint density at radius 3 is 1.90 bits per heavy atom. The summed E-state index contributed by atoms with van der Waals surface area (Å²) in [7, 11) is 0. The zero-order valence-corrected chi connectivity index (χ0v) is 18.8. The van der Waals surface area contributed by atoms with E-state index in [2.05, 4.69) is 39.7 Å². The van der Waals surface area contributed by atoms with Crippen LogP contribution in [0.4, 0.5) is 11.6 Å². The van der Waals surface area contributed by atoms with Gasteiger partial charge in [-0.05, 0) is 76.6 Å². The minimum Gasteiger partial charge on any atom is -0.478 e. The van der Waals surface area contributed by atoms with Crippen molar-refractivity contribution < 1.29 is 9.90 Å². The van der Waals surface area contributed by atoms with E-state index in [1.54, 1.807) is 12.3 Å². The van der Waals surface area contributed by atoms with Gasteiger partial charge in [0.05, 0.1) is 11.1 Å². The summed E-state index contributed by atoms with van der Waals surface area (Å²) in [5, 5.41) is 17.6. The second kappa shape index (κ2) is 9.78. The van der Waals surface area contributed by atoms with E-state index in [4.69, 9.17) is 10.4 Å². The SMILES string of the molecule is Cc1cc(C#N)cnc1N1CCCC1C.Cc1cc(C(=O)O)cnc1N1CCCC1C. The van der Waals surface area contributed by atoms with Gasteiger partial charge in [-0.2, -0.15) is 5.26 Å². The molecule has 2 aliphatic heterocycles. The highest BCUT2D eigenvalue weighted by molar-refractivity contribution is 5.87. The molecule has 7 nitrogen and oxygen atoms in total. The van der Waals surface area contributed by atoms with Crippen LogP contribution < -0.4 is 9.80 Å². The van der Waals surface area contributed by atoms with Crippen LogP contribution in [0.3, 0.4) is 0 Å². The minimum atomic E-state index is -0.920. The second-order valence-corrected chi connectivity index (χ2v) is 8.52. The molecule has 1 N–H and O–H groups in total. The van der Waals surface area contributed by atoms with Crippen LogP contribution >= 0.6 is 0 Å². The largest absolute Gasteiger partial charge is 0.478 e. The lowest BCUT2D eigenvalue weighted by Crippen LogP contribution is -2.28. The van der Waals surface area contributed by atoms with E-state index in [9.17, 15) is 4.79 Å². The second-order valence-electron chi connectivity index (χ2n) is 8.52. The standard InChI is InChI=1S/C12H15N3.C12H16N2O2/c1-9-6-11(7-13)8-14-12(9)15-5-3-4-10(15)2;1-8-6-10(12(15)16)7-13-11(8)14-5-3-4-9(14)2/h6,8,10H,3-5H2,1-2H3;6-7,9H,3-5H2,1-2H3,(H,15,16). The lowest BCUT2D eigenvalue weighted by Gasteiger charge is -2.24. The summed E-state index contributed by atoms with van der Waals surface area (Å²) in [6.45, 7) is 10.4. The third-order valence-electron chi connectivity index (χ3n) is 6.13. The normalized spacial score (nSPS) is 20.2. The number of rotatable bonds is 3. The van der Waals surface area contributed by atoms with Crippen molar-refractivity contribution in [2.24, 2.45) is 0 Å². The van der Waals surface area contributed by atoms with Crippen LogP contribution in [-0.2, 0) is 0 Å². The first kappa shape index (κ1) is 22.5. The van der Waals surface area contributed by atoms with E-state index in [0.29, 0.717) is 17.6 Å². The van der Waals surface area contributed by atoms with E-state index in [0.717, 1.165) is 35.9 Å². The van der Waals surface area contributed by atoms with E-state index in [1.807, 2.05) is 19.9 Å². The maximum atomic E-state index is 10.8. The molecule has 2 aliphatic rings. The van der Waals surface area contributed by atoms with Crippen molar-refractivity contribution in [1.29, 1.82) is 5.26 Å². The summed E-state index contributed by atoms with van der Waals surface area (Å²) in [5.41, 5.74) is 2.94. The van der Waals surface area contributed by atoms with Crippen molar-refractivity contribution >= 4 is 17.6 Å². The third kappa shape index (κ3) is 5.13. The number of aryl methyl sites for hydroxylation is 2. The average molecular weight is 422 g/mol. The lowest BCUT2D eigenvalue weighted by atomic mass is 10.2. The molecule has 164 valence electrons. The fourth-order valence-electron chi connectivity index (χ4n) is 4.41. The monoisotopic (exact) mass is 421 g/mol. The van der Waals surface area contributed by atoms with Crippen molar-refractivity contribution in [3.63, 3.8) is 0 Å². The lowest BCUT2D eigenvalue weighted by molar-refractivity contribution is 0.0696. The van der Waals surface area contributed by atoms with E-state index in [1.165, 1.54) is 31.9 Å². The number of carbonyl (C=O) groups is 1. The zero-order valence-electron chi connectivity index (χ0n) is 18.8. The van der Waals surface area contributed by atoms with Gasteiger partial charge in [-0.3, -0.25) is 0 Å². The topological polar surface area (TPSA) is 93.3 Å². The van der Waals surface area contributed by atoms with Gasteiger partial charge in [-0.25, -0.2) is 14.8 Å². The summed E-state index contributed by atoms with van der Waals surface area (Å²) >= 11 is 0. The van der Waals surface area contributed by atoms with Crippen LogP contribution in [0.25, 0.3) is 0 Å². The van der Waals surface area contributed by atoms with Crippen molar-refractivity contribution in [3.05, 3.63) is 46.8 Å². The molecule has 2 atom stereocenters. The Bertz CT molecular complexity index is 984. The minimum absolute atomic E-state index is 0.257. The van der Waals surface area contributed by atoms with Gasteiger partial charge in [-0.15, -0.1) is 0 Å². The molecule has 2 aromatic heterocycles. The Labute approximate surface area is 184 Å². The van der Waals surface area contributed by atoms with Crippen LogP contribution in [-0.4, -0.2) is 46.2 Å². The Kier molecular flexibility index (Phi) is 7.11. The van der Waals surface area contributed by atoms with Gasteiger partial charge in [0.1, 0.15) is 17.7 Å².